The van der Waals surface area contributed by atoms with Crippen molar-refractivity contribution in [1.82, 2.24) is 0 Å². The Balaban J connectivity index is 0. The molecular formula is Cu2Ga2Se3. The van der Waals surface area contributed by atoms with Gasteiger partial charge in [-0.3, -0.25) is 0 Å². The third kappa shape index (κ3) is 40.8. The Morgan fingerprint density at radius 1 is 0.429 bits per heavy atom. The van der Waals surface area contributed by atoms with Crippen LogP contribution in [0.4, 0.5) is 0 Å². The predicted octanol–water partition coefficient (Wildman–Crippen LogP) is -1.91. The van der Waals surface area contributed by atoms with Crippen LogP contribution >= 0.6 is 0 Å². The van der Waals surface area contributed by atoms with Crippen LogP contribution in [0.3, 0.4) is 0 Å². The van der Waals surface area contributed by atoms with Gasteiger partial charge in [0.1, 0.15) is 0 Å². The van der Waals surface area contributed by atoms with E-state index in [1.807, 2.05) is 0 Å². The van der Waals surface area contributed by atoms with Gasteiger partial charge < -0.3 is 51.2 Å². The van der Waals surface area contributed by atoms with Crippen molar-refractivity contribution in [3.8, 4) is 0 Å². The first kappa shape index (κ1) is 70.7. The van der Waals surface area contributed by atoms with Crippen molar-refractivity contribution in [3.05, 3.63) is 0 Å². The SMILES string of the molecule is [Cu].[Cu].[Ga+3].[Ga+3].[Se-2].[Se-2].[Se-2]. The van der Waals surface area contributed by atoms with E-state index in [2.05, 4.69) is 0 Å². The number of hydrogen-bond acceptors (Lipinski definition) is 0. The molecule has 0 nitrogen and oxygen atoms in total. The summed E-state index contributed by atoms with van der Waals surface area (Å²) in [5, 5.41) is 0. The number of hydrogen-bond donors (Lipinski definition) is 0. The van der Waals surface area contributed by atoms with Gasteiger partial charge in [-0.15, -0.1) is 0 Å². The first-order valence-corrected chi connectivity index (χ1v) is 0. The Hall–Kier alpha value is 3.87. The normalized spacial score (nSPS) is 0. The smallest absolute Gasteiger partial charge is 2.00 e. The fraction of sp³-hybridized carbons (Fsp3) is 0. The molecule has 0 aliphatic heterocycles. The van der Waals surface area contributed by atoms with Crippen LogP contribution < -0.4 is 0 Å². The van der Waals surface area contributed by atoms with Crippen molar-refractivity contribution in [2.75, 3.05) is 0 Å². The maximum atomic E-state index is 0. The molecule has 0 N–H and O–H groups in total. The molecule has 2 radical (unpaired) electrons. The Bertz CT molecular complexity index is 10.9. The van der Waals surface area contributed by atoms with Gasteiger partial charge in [-0.05, 0) is 0 Å². The number of rotatable bonds is 0. The van der Waals surface area contributed by atoms with Crippen molar-refractivity contribution in [1.29, 1.82) is 0 Å². The molecule has 0 amide bonds. The second kappa shape index (κ2) is 51.8. The molecule has 0 rings (SSSR count). The third-order valence-electron chi connectivity index (χ3n) is 0. The van der Waals surface area contributed by atoms with Gasteiger partial charge in [0.15, 0.2) is 0 Å². The van der Waals surface area contributed by atoms with Gasteiger partial charge in [0.2, 0.25) is 0 Å². The van der Waals surface area contributed by atoms with Gasteiger partial charge in [0.05, 0.1) is 0 Å². The summed E-state index contributed by atoms with van der Waals surface area (Å²) < 4.78 is 0. The van der Waals surface area contributed by atoms with E-state index in [1.54, 1.807) is 0 Å². The zero-order valence-corrected chi connectivity index (χ0v) is 14.9. The zero-order chi connectivity index (χ0) is 0. The van der Waals surface area contributed by atoms with Crippen molar-refractivity contribution < 1.29 is 34.1 Å². The molecule has 0 aliphatic rings. The average Bonchev–Trinajstić information content (AvgIpc) is 0. The van der Waals surface area contributed by atoms with Crippen LogP contribution in [0.5, 0.6) is 0 Å². The standard InChI is InChI=1S/2Cu.2Ga.3Se/q;;2*+3;3*-2. The van der Waals surface area contributed by atoms with E-state index >= 15 is 0 Å². The van der Waals surface area contributed by atoms with Crippen molar-refractivity contribution >= 4 is 90.8 Å². The van der Waals surface area contributed by atoms with Gasteiger partial charge in [0.25, 0.3) is 0 Å². The second-order valence-corrected chi connectivity index (χ2v) is 0. The molecule has 7 heavy (non-hydrogen) atoms. The van der Waals surface area contributed by atoms with Crippen LogP contribution in [0.15, 0.2) is 0 Å². The van der Waals surface area contributed by atoms with Crippen LogP contribution in [0, 0.1) is 0 Å². The fourth-order valence-corrected chi connectivity index (χ4v) is 0. The first-order valence-electron chi connectivity index (χ1n) is 0. The largest absolute Gasteiger partial charge is 3.00 e. The monoisotopic (exact) mass is 503 g/mol. The topological polar surface area (TPSA) is 0 Å². The average molecular weight is 503 g/mol. The minimum absolute atomic E-state index is 0. The van der Waals surface area contributed by atoms with Gasteiger partial charge in [0, 0.05) is 34.1 Å². The Labute approximate surface area is 123 Å². The molecular weight excluding hydrogens is 503 g/mol. The minimum atomic E-state index is 0. The summed E-state index contributed by atoms with van der Waals surface area (Å²) in [6.45, 7) is 0. The molecule has 0 saturated carbocycles. The molecule has 0 aromatic rings. The van der Waals surface area contributed by atoms with Crippen LogP contribution in [-0.4, -0.2) is 90.8 Å². The molecule has 0 atom stereocenters. The third-order valence-corrected chi connectivity index (χ3v) is 0. The summed E-state index contributed by atoms with van der Waals surface area (Å²) in [7, 11) is 0. The predicted molar refractivity (Wildman–Crippen MR) is 28.8 cm³/mol. The molecule has 0 saturated heterocycles. The van der Waals surface area contributed by atoms with E-state index in [1.165, 1.54) is 0 Å². The second-order valence-electron chi connectivity index (χ2n) is 0. The summed E-state index contributed by atoms with van der Waals surface area (Å²) in [4.78, 5) is 0. The van der Waals surface area contributed by atoms with Crippen LogP contribution in [0.1, 0.15) is 0 Å². The fourth-order valence-electron chi connectivity index (χ4n) is 0. The van der Waals surface area contributed by atoms with Crippen molar-refractivity contribution in [3.63, 3.8) is 0 Å². The van der Waals surface area contributed by atoms with Crippen LogP contribution in [0.2, 0.25) is 0 Å². The summed E-state index contributed by atoms with van der Waals surface area (Å²) in [5.74, 6) is 0. The summed E-state index contributed by atoms with van der Waals surface area (Å²) >= 11 is 0. The molecule has 0 spiro atoms. The maximum absolute atomic E-state index is 0. The van der Waals surface area contributed by atoms with Gasteiger partial charge >= 0.3 is 39.6 Å². The Morgan fingerprint density at radius 2 is 0.429 bits per heavy atom. The van der Waals surface area contributed by atoms with Crippen molar-refractivity contribution in [2.45, 2.75) is 0 Å². The van der Waals surface area contributed by atoms with Crippen molar-refractivity contribution in [2.24, 2.45) is 0 Å². The van der Waals surface area contributed by atoms with Gasteiger partial charge in [-0.1, -0.05) is 0 Å². The van der Waals surface area contributed by atoms with Gasteiger partial charge in [-0.25, -0.2) is 0 Å². The molecule has 0 aliphatic carbocycles. The van der Waals surface area contributed by atoms with Crippen LogP contribution in [-0.2, 0) is 34.1 Å². The zero-order valence-electron chi connectivity index (χ0n) is 2.98. The molecule has 0 aromatic carbocycles. The van der Waals surface area contributed by atoms with E-state index in [0.717, 1.165) is 0 Å². The quantitative estimate of drug-likeness (QED) is 0.339. The molecule has 46 valence electrons. The van der Waals surface area contributed by atoms with E-state index in [9.17, 15) is 0 Å². The molecule has 0 fully saturated rings. The maximum Gasteiger partial charge on any atom is 3.00 e. The molecule has 7 heteroatoms. The Morgan fingerprint density at radius 3 is 0.429 bits per heavy atom. The van der Waals surface area contributed by atoms with Gasteiger partial charge in [-0.2, -0.15) is 0 Å². The molecule has 0 unspecified atom stereocenters. The van der Waals surface area contributed by atoms with E-state index in [0.29, 0.717) is 0 Å². The summed E-state index contributed by atoms with van der Waals surface area (Å²) in [6, 6.07) is 0. The molecule has 0 heterocycles. The van der Waals surface area contributed by atoms with E-state index < -0.39 is 0 Å². The molecule has 0 aromatic heterocycles. The minimum Gasteiger partial charge on any atom is -2.00 e. The summed E-state index contributed by atoms with van der Waals surface area (Å²) in [6.07, 6.45) is 0. The summed E-state index contributed by atoms with van der Waals surface area (Å²) in [5.41, 5.74) is 0. The first-order chi connectivity index (χ1) is 0. The Kier molecular flexibility index (Phi) is 524. The van der Waals surface area contributed by atoms with E-state index in [4.69, 9.17) is 0 Å². The van der Waals surface area contributed by atoms with E-state index in [-0.39, 0.29) is 125 Å². The molecule has 0 bridgehead atoms. The van der Waals surface area contributed by atoms with Crippen LogP contribution in [0.25, 0.3) is 0 Å².